The number of benzene rings is 1. The summed E-state index contributed by atoms with van der Waals surface area (Å²) in [6.45, 7) is 0. The normalized spacial score (nSPS) is 14.2. The van der Waals surface area contributed by atoms with Gasteiger partial charge in [0.1, 0.15) is 5.69 Å². The van der Waals surface area contributed by atoms with Crippen LogP contribution in [0.1, 0.15) is 48.4 Å². The van der Waals surface area contributed by atoms with Crippen molar-refractivity contribution in [1.29, 1.82) is 0 Å². The third kappa shape index (κ3) is 4.79. The number of carbonyl (C=O) groups excluding carboxylic acids is 1. The average molecular weight is 452 g/mol. The van der Waals surface area contributed by atoms with Gasteiger partial charge in [0.25, 0.3) is 10.0 Å². The summed E-state index contributed by atoms with van der Waals surface area (Å²) in [4.78, 5) is 23.6. The van der Waals surface area contributed by atoms with Crippen LogP contribution in [-0.2, 0) is 42.8 Å². The molecule has 1 aromatic heterocycles. The van der Waals surface area contributed by atoms with Crippen LogP contribution in [-0.4, -0.2) is 35.3 Å². The Morgan fingerprint density at radius 2 is 1.63 bits per heavy atom. The summed E-state index contributed by atoms with van der Waals surface area (Å²) in [6.07, 6.45) is 5.66. The Labute approximate surface area is 221 Å². The first-order valence-electron chi connectivity index (χ1n) is 9.04. The number of aromatic carboxylic acids is 1. The van der Waals surface area contributed by atoms with E-state index in [1.807, 2.05) is 4.72 Å². The fraction of sp³-hybridized carbons (Fsp3) is 0.389. The number of carboxylic acids is 1. The standard InChI is InChI=1S/C18H20N4O5S.2Na.2H/c1-22-14(17(23)24)9-15(20-22)28(26,27)21-18(25)19-16-12-6-2-4-10(12)8-11-5-3-7-13(11)16;;;;/h8-9H,2-7H2,1H3,(H,23,24)(H2,19,21,25);;;;/q;2*+1;2*-1. The van der Waals surface area contributed by atoms with Crippen molar-refractivity contribution in [2.24, 2.45) is 7.05 Å². The predicted molar refractivity (Wildman–Crippen MR) is 102 cm³/mol. The monoisotopic (exact) mass is 452 g/mol. The number of rotatable bonds is 4. The molecular formula is C18H22N4Na2O5S. The fourth-order valence-electron chi connectivity index (χ4n) is 4.05. The Morgan fingerprint density at radius 1 is 1.07 bits per heavy atom. The van der Waals surface area contributed by atoms with Crippen molar-refractivity contribution in [2.75, 3.05) is 5.32 Å². The third-order valence-electron chi connectivity index (χ3n) is 5.29. The molecule has 9 nitrogen and oxygen atoms in total. The summed E-state index contributed by atoms with van der Waals surface area (Å²) in [5.41, 5.74) is 5.03. The van der Waals surface area contributed by atoms with Crippen molar-refractivity contribution in [3.05, 3.63) is 40.1 Å². The summed E-state index contributed by atoms with van der Waals surface area (Å²) in [5.74, 6) is -1.31. The van der Waals surface area contributed by atoms with Crippen LogP contribution in [0.3, 0.4) is 0 Å². The van der Waals surface area contributed by atoms with E-state index in [9.17, 15) is 18.0 Å². The molecule has 2 aromatic rings. The minimum Gasteiger partial charge on any atom is -1.00 e. The minimum absolute atomic E-state index is 0. The summed E-state index contributed by atoms with van der Waals surface area (Å²) in [5, 5.41) is 14.9. The molecule has 12 heteroatoms. The minimum atomic E-state index is -4.30. The summed E-state index contributed by atoms with van der Waals surface area (Å²) in [7, 11) is -2.98. The molecular weight excluding hydrogens is 430 g/mol. The molecule has 0 bridgehead atoms. The number of sulfonamides is 1. The maximum absolute atomic E-state index is 12.5. The second-order valence-corrected chi connectivity index (χ2v) is 8.72. The first-order valence-corrected chi connectivity index (χ1v) is 10.5. The molecule has 2 amide bonds. The molecule has 0 radical (unpaired) electrons. The maximum Gasteiger partial charge on any atom is 1.00 e. The van der Waals surface area contributed by atoms with E-state index < -0.39 is 27.0 Å². The molecule has 1 aromatic carbocycles. The van der Waals surface area contributed by atoms with Crippen LogP contribution >= 0.6 is 0 Å². The Hall–Kier alpha value is -0.880. The van der Waals surface area contributed by atoms with E-state index in [1.165, 1.54) is 18.2 Å². The molecule has 0 unspecified atom stereocenters. The van der Waals surface area contributed by atoms with Crippen molar-refractivity contribution in [1.82, 2.24) is 14.5 Å². The van der Waals surface area contributed by atoms with Crippen LogP contribution in [0.2, 0.25) is 0 Å². The fourth-order valence-corrected chi connectivity index (χ4v) is 4.95. The number of amides is 2. The zero-order valence-electron chi connectivity index (χ0n) is 19.3. The van der Waals surface area contributed by atoms with Crippen molar-refractivity contribution in [2.45, 2.75) is 43.6 Å². The number of carboxylic acid groups (broad SMARTS) is 1. The van der Waals surface area contributed by atoms with Crippen LogP contribution in [0.5, 0.6) is 0 Å². The van der Waals surface area contributed by atoms with Crippen molar-refractivity contribution < 1.29 is 85.1 Å². The number of hydrogen-bond acceptors (Lipinski definition) is 5. The van der Waals surface area contributed by atoms with Gasteiger partial charge in [-0.2, -0.15) is 13.5 Å². The molecule has 0 fully saturated rings. The number of carbonyl (C=O) groups is 2. The average Bonchev–Trinajstić information content (AvgIpc) is 3.32. The Balaban J connectivity index is 0.00000240. The van der Waals surface area contributed by atoms with Crippen LogP contribution in [0.15, 0.2) is 17.2 Å². The molecule has 4 rings (SSSR count). The number of nitrogens with zero attached hydrogens (tertiary/aromatic N) is 2. The van der Waals surface area contributed by atoms with E-state index >= 15 is 0 Å². The van der Waals surface area contributed by atoms with Gasteiger partial charge in [-0.1, -0.05) is 6.07 Å². The van der Waals surface area contributed by atoms with Gasteiger partial charge in [-0.05, 0) is 60.8 Å². The van der Waals surface area contributed by atoms with E-state index in [2.05, 4.69) is 16.5 Å². The van der Waals surface area contributed by atoms with Gasteiger partial charge in [-0.3, -0.25) is 4.68 Å². The van der Waals surface area contributed by atoms with E-state index in [1.54, 1.807) is 0 Å². The second-order valence-electron chi connectivity index (χ2n) is 7.09. The second kappa shape index (κ2) is 9.72. The quantitative estimate of drug-likeness (QED) is 0.404. The topological polar surface area (TPSA) is 130 Å². The summed E-state index contributed by atoms with van der Waals surface area (Å²) < 4.78 is 27.8. The van der Waals surface area contributed by atoms with Crippen molar-refractivity contribution in [3.63, 3.8) is 0 Å². The molecule has 2 aliphatic carbocycles. The number of anilines is 1. The SMILES string of the molecule is Cn1nc(S(=O)(=O)NC(=O)Nc2c3c(cc4c2CCC4)CCC3)cc1C(=O)O.[H-].[H-].[Na+].[Na+]. The molecule has 2 aliphatic rings. The van der Waals surface area contributed by atoms with Gasteiger partial charge >= 0.3 is 71.1 Å². The molecule has 3 N–H and O–H groups in total. The number of urea groups is 1. The molecule has 0 aliphatic heterocycles. The number of fused-ring (bicyclic) bond motifs is 2. The maximum atomic E-state index is 12.5. The van der Waals surface area contributed by atoms with Crippen LogP contribution in [0.4, 0.5) is 10.5 Å². The van der Waals surface area contributed by atoms with Crippen LogP contribution < -0.4 is 69.2 Å². The van der Waals surface area contributed by atoms with E-state index in [-0.39, 0.29) is 67.7 Å². The third-order valence-corrected chi connectivity index (χ3v) is 6.49. The van der Waals surface area contributed by atoms with Gasteiger partial charge in [0, 0.05) is 18.8 Å². The van der Waals surface area contributed by atoms with E-state index in [0.717, 1.165) is 66.1 Å². The zero-order valence-corrected chi connectivity index (χ0v) is 22.1. The number of hydrogen-bond donors (Lipinski definition) is 3. The van der Waals surface area contributed by atoms with E-state index in [0.29, 0.717) is 0 Å². The predicted octanol–water partition coefficient (Wildman–Crippen LogP) is -4.16. The van der Waals surface area contributed by atoms with Crippen LogP contribution in [0, 0.1) is 0 Å². The zero-order chi connectivity index (χ0) is 20.1. The smallest absolute Gasteiger partial charge is 1.00 e. The molecule has 0 saturated heterocycles. The first-order chi connectivity index (χ1) is 13.3. The Bertz CT molecular complexity index is 1090. The number of aromatic nitrogens is 2. The molecule has 1 heterocycles. The Kier molecular flexibility index (Phi) is 8.23. The number of nitrogens with one attached hydrogen (secondary N) is 2. The van der Waals surface area contributed by atoms with Gasteiger partial charge in [0.15, 0.2) is 5.03 Å². The summed E-state index contributed by atoms with van der Waals surface area (Å²) in [6, 6.07) is 2.25. The largest absolute Gasteiger partial charge is 1.00 e. The van der Waals surface area contributed by atoms with Gasteiger partial charge < -0.3 is 13.3 Å². The number of aryl methyl sites for hydroxylation is 3. The van der Waals surface area contributed by atoms with Gasteiger partial charge in [-0.25, -0.2) is 14.3 Å². The van der Waals surface area contributed by atoms with Gasteiger partial charge in [-0.15, -0.1) is 0 Å². The molecule has 0 atom stereocenters. The molecule has 152 valence electrons. The van der Waals surface area contributed by atoms with Gasteiger partial charge in [0.05, 0.1) is 0 Å². The first kappa shape index (κ1) is 25.4. The summed E-state index contributed by atoms with van der Waals surface area (Å²) >= 11 is 0. The Morgan fingerprint density at radius 3 is 2.13 bits per heavy atom. The molecule has 0 saturated carbocycles. The van der Waals surface area contributed by atoms with Gasteiger partial charge in [0.2, 0.25) is 0 Å². The van der Waals surface area contributed by atoms with E-state index in [4.69, 9.17) is 5.11 Å². The van der Waals surface area contributed by atoms with Crippen molar-refractivity contribution in [3.8, 4) is 0 Å². The van der Waals surface area contributed by atoms with Crippen LogP contribution in [0.25, 0.3) is 0 Å². The van der Waals surface area contributed by atoms with Crippen molar-refractivity contribution >= 4 is 27.7 Å². The molecule has 30 heavy (non-hydrogen) atoms. The molecule has 0 spiro atoms.